The number of halogens is 1. The SMILES string of the molecule is CS(=O)(=O)c1cccc(NCC(O)c2ccc(Cl)s2)c1[N+](=O)[O-]. The molecular formula is C13H13ClN2O5S2. The lowest BCUT2D eigenvalue weighted by Gasteiger charge is -2.12. The summed E-state index contributed by atoms with van der Waals surface area (Å²) in [5.74, 6) is 0. The van der Waals surface area contributed by atoms with Crippen LogP contribution in [0.15, 0.2) is 35.2 Å². The quantitative estimate of drug-likeness (QED) is 0.592. The van der Waals surface area contributed by atoms with Crippen molar-refractivity contribution in [3.05, 3.63) is 49.7 Å². The number of para-hydroxylation sites is 1. The molecular weight excluding hydrogens is 364 g/mol. The molecule has 7 nitrogen and oxygen atoms in total. The molecule has 0 aliphatic heterocycles. The zero-order valence-electron chi connectivity index (χ0n) is 11.9. The Morgan fingerprint density at radius 1 is 1.39 bits per heavy atom. The van der Waals surface area contributed by atoms with Crippen LogP contribution in [0.25, 0.3) is 0 Å². The van der Waals surface area contributed by atoms with Gasteiger partial charge in [-0.15, -0.1) is 11.3 Å². The molecule has 2 aromatic rings. The first-order chi connectivity index (χ1) is 10.7. The summed E-state index contributed by atoms with van der Waals surface area (Å²) in [6, 6.07) is 7.26. The van der Waals surface area contributed by atoms with Crippen molar-refractivity contribution in [2.45, 2.75) is 11.0 Å². The fourth-order valence-electron chi connectivity index (χ4n) is 1.97. The number of anilines is 1. The maximum absolute atomic E-state index is 11.7. The van der Waals surface area contributed by atoms with Crippen molar-refractivity contribution in [1.29, 1.82) is 0 Å². The molecule has 1 aromatic heterocycles. The van der Waals surface area contributed by atoms with E-state index < -0.39 is 26.6 Å². The molecule has 1 heterocycles. The Kier molecular flexibility index (Phi) is 5.25. The van der Waals surface area contributed by atoms with Gasteiger partial charge in [-0.2, -0.15) is 0 Å². The monoisotopic (exact) mass is 376 g/mol. The van der Waals surface area contributed by atoms with Gasteiger partial charge in [0.2, 0.25) is 0 Å². The van der Waals surface area contributed by atoms with Crippen molar-refractivity contribution in [3.63, 3.8) is 0 Å². The molecule has 1 aromatic carbocycles. The fourth-order valence-corrected chi connectivity index (χ4v) is 3.88. The average Bonchev–Trinajstić information content (AvgIpc) is 2.89. The number of aliphatic hydroxyl groups excluding tert-OH is 1. The van der Waals surface area contributed by atoms with Crippen LogP contribution < -0.4 is 5.32 Å². The van der Waals surface area contributed by atoms with Crippen molar-refractivity contribution in [2.24, 2.45) is 0 Å². The lowest BCUT2D eigenvalue weighted by atomic mass is 10.2. The Bertz CT molecular complexity index is 835. The highest BCUT2D eigenvalue weighted by Crippen LogP contribution is 2.33. The van der Waals surface area contributed by atoms with Crippen molar-refractivity contribution < 1.29 is 18.4 Å². The number of nitro groups is 1. The highest BCUT2D eigenvalue weighted by Gasteiger charge is 2.26. The lowest BCUT2D eigenvalue weighted by molar-refractivity contribution is -0.386. The summed E-state index contributed by atoms with van der Waals surface area (Å²) in [7, 11) is -3.75. The van der Waals surface area contributed by atoms with Crippen molar-refractivity contribution in [3.8, 4) is 0 Å². The minimum Gasteiger partial charge on any atom is -0.386 e. The Morgan fingerprint density at radius 3 is 2.61 bits per heavy atom. The van der Waals surface area contributed by atoms with Crippen LogP contribution in [-0.2, 0) is 9.84 Å². The van der Waals surface area contributed by atoms with Crippen LogP contribution in [-0.4, -0.2) is 31.2 Å². The number of rotatable bonds is 6. The molecule has 0 saturated heterocycles. The number of aliphatic hydroxyl groups is 1. The molecule has 0 amide bonds. The van der Waals surface area contributed by atoms with Crippen LogP contribution in [0.3, 0.4) is 0 Å². The number of hydrogen-bond acceptors (Lipinski definition) is 7. The maximum atomic E-state index is 11.7. The van der Waals surface area contributed by atoms with Crippen molar-refractivity contribution in [1.82, 2.24) is 0 Å². The van der Waals surface area contributed by atoms with Gasteiger partial charge in [-0.1, -0.05) is 17.7 Å². The summed E-state index contributed by atoms with van der Waals surface area (Å²) in [6.07, 6.45) is -0.0179. The van der Waals surface area contributed by atoms with Crippen molar-refractivity contribution >= 4 is 44.1 Å². The maximum Gasteiger partial charge on any atom is 0.310 e. The van der Waals surface area contributed by atoms with E-state index in [0.717, 1.165) is 6.26 Å². The highest BCUT2D eigenvalue weighted by molar-refractivity contribution is 7.90. The predicted molar refractivity (Wildman–Crippen MR) is 89.0 cm³/mol. The topological polar surface area (TPSA) is 110 Å². The molecule has 0 aliphatic carbocycles. The Balaban J connectivity index is 2.28. The predicted octanol–water partition coefficient (Wildman–Crippen LogP) is 2.86. The molecule has 0 bridgehead atoms. The average molecular weight is 377 g/mol. The number of nitrogens with one attached hydrogen (secondary N) is 1. The number of benzene rings is 1. The summed E-state index contributed by atoms with van der Waals surface area (Å²) in [5, 5.41) is 24.0. The Labute approximate surface area is 141 Å². The van der Waals surface area contributed by atoms with Crippen LogP contribution in [0.5, 0.6) is 0 Å². The van der Waals surface area contributed by atoms with Gasteiger partial charge in [0.25, 0.3) is 0 Å². The third-order valence-corrected chi connectivity index (χ3v) is 5.45. The largest absolute Gasteiger partial charge is 0.386 e. The number of nitrogens with zero attached hydrogens (tertiary/aromatic N) is 1. The number of thiophene rings is 1. The fraction of sp³-hybridized carbons (Fsp3) is 0.231. The van der Waals surface area contributed by atoms with E-state index in [4.69, 9.17) is 11.6 Å². The first-order valence-corrected chi connectivity index (χ1v) is 9.43. The van der Waals surface area contributed by atoms with Crippen LogP contribution in [0.1, 0.15) is 11.0 Å². The molecule has 10 heteroatoms. The first-order valence-electron chi connectivity index (χ1n) is 6.35. The number of hydrogen-bond donors (Lipinski definition) is 2. The molecule has 2 N–H and O–H groups in total. The molecule has 0 saturated carbocycles. The first kappa shape index (κ1) is 17.7. The van der Waals surface area contributed by atoms with Gasteiger partial charge in [0.1, 0.15) is 16.7 Å². The standard InChI is InChI=1S/C13H13ClN2O5S2/c1-23(20,21)11-4-2-3-8(13(11)16(18)19)15-7-9(17)10-5-6-12(14)22-10/h2-6,9,15,17H,7H2,1H3. The van der Waals surface area contributed by atoms with E-state index in [1.807, 2.05) is 0 Å². The Hall–Kier alpha value is -1.68. The third kappa shape index (κ3) is 4.20. The zero-order valence-corrected chi connectivity index (χ0v) is 14.3. The van der Waals surface area contributed by atoms with E-state index in [1.54, 1.807) is 12.1 Å². The van der Waals surface area contributed by atoms with Crippen LogP contribution in [0, 0.1) is 10.1 Å². The molecule has 0 aliphatic rings. The van der Waals surface area contributed by atoms with Gasteiger partial charge in [-0.25, -0.2) is 8.42 Å². The number of sulfone groups is 1. The molecule has 124 valence electrons. The minimum atomic E-state index is -3.75. The molecule has 1 unspecified atom stereocenters. The minimum absolute atomic E-state index is 0.0229. The summed E-state index contributed by atoms with van der Waals surface area (Å²) in [4.78, 5) is 10.7. The second kappa shape index (κ2) is 6.83. The molecule has 2 rings (SSSR count). The van der Waals surface area contributed by atoms with Gasteiger partial charge in [0.05, 0.1) is 9.26 Å². The lowest BCUT2D eigenvalue weighted by Crippen LogP contribution is -2.13. The summed E-state index contributed by atoms with van der Waals surface area (Å²) >= 11 is 6.98. The van der Waals surface area contributed by atoms with Gasteiger partial charge in [-0.05, 0) is 24.3 Å². The van der Waals surface area contributed by atoms with E-state index in [-0.39, 0.29) is 17.1 Å². The smallest absolute Gasteiger partial charge is 0.310 e. The summed E-state index contributed by atoms with van der Waals surface area (Å²) in [6.45, 7) is -0.0229. The van der Waals surface area contributed by atoms with Gasteiger partial charge in [0.15, 0.2) is 9.84 Å². The van der Waals surface area contributed by atoms with E-state index in [1.165, 1.54) is 29.5 Å². The van der Waals surface area contributed by atoms with Crippen LogP contribution in [0.4, 0.5) is 11.4 Å². The molecule has 0 radical (unpaired) electrons. The second-order valence-electron chi connectivity index (χ2n) is 4.72. The van der Waals surface area contributed by atoms with Crippen LogP contribution in [0.2, 0.25) is 4.34 Å². The summed E-state index contributed by atoms with van der Waals surface area (Å²) in [5.41, 5.74) is -0.508. The molecule has 0 fully saturated rings. The zero-order chi connectivity index (χ0) is 17.2. The van der Waals surface area contributed by atoms with Gasteiger partial charge in [-0.3, -0.25) is 10.1 Å². The van der Waals surface area contributed by atoms with Gasteiger partial charge >= 0.3 is 5.69 Å². The van der Waals surface area contributed by atoms with E-state index >= 15 is 0 Å². The van der Waals surface area contributed by atoms with Crippen LogP contribution >= 0.6 is 22.9 Å². The van der Waals surface area contributed by atoms with E-state index in [2.05, 4.69) is 5.32 Å². The van der Waals surface area contributed by atoms with E-state index in [9.17, 15) is 23.6 Å². The van der Waals surface area contributed by atoms with Crippen molar-refractivity contribution in [2.75, 3.05) is 18.1 Å². The highest BCUT2D eigenvalue weighted by atomic mass is 35.5. The summed E-state index contributed by atoms with van der Waals surface area (Å²) < 4.78 is 23.9. The van der Waals surface area contributed by atoms with E-state index in [0.29, 0.717) is 9.21 Å². The third-order valence-electron chi connectivity index (χ3n) is 2.99. The molecule has 0 spiro atoms. The van der Waals surface area contributed by atoms with Gasteiger partial charge < -0.3 is 10.4 Å². The number of nitro benzene ring substituents is 1. The normalized spacial score (nSPS) is 12.8. The second-order valence-corrected chi connectivity index (χ2v) is 8.45. The molecule has 1 atom stereocenters. The van der Waals surface area contributed by atoms with Gasteiger partial charge in [0, 0.05) is 17.7 Å². The molecule has 23 heavy (non-hydrogen) atoms. The Morgan fingerprint density at radius 2 is 2.09 bits per heavy atom.